The summed E-state index contributed by atoms with van der Waals surface area (Å²) in [6, 6.07) is 7.42. The van der Waals surface area contributed by atoms with Gasteiger partial charge in [0.25, 0.3) is 0 Å². The highest BCUT2D eigenvalue weighted by molar-refractivity contribution is 6.08. The zero-order valence-corrected chi connectivity index (χ0v) is 10.8. The van der Waals surface area contributed by atoms with E-state index in [2.05, 4.69) is 20.3 Å². The van der Waals surface area contributed by atoms with Crippen LogP contribution in [0.25, 0.3) is 11.3 Å². The van der Waals surface area contributed by atoms with Crippen LogP contribution in [0.5, 0.6) is 0 Å². The molecule has 7 nitrogen and oxygen atoms in total. The molecule has 0 aliphatic carbocycles. The normalized spacial score (nSPS) is 13.9. The number of nitrogen functional groups attached to an aromatic ring is 3. The van der Waals surface area contributed by atoms with E-state index in [0.29, 0.717) is 35.1 Å². The lowest BCUT2D eigenvalue weighted by atomic mass is 10.0. The van der Waals surface area contributed by atoms with E-state index in [1.165, 1.54) is 0 Å². The average molecular weight is 269 g/mol. The minimum absolute atomic E-state index is 0.114. The highest BCUT2D eigenvalue weighted by atomic mass is 15.1. The van der Waals surface area contributed by atoms with Crippen LogP contribution in [-0.2, 0) is 0 Å². The third-order valence-electron chi connectivity index (χ3n) is 3.08. The van der Waals surface area contributed by atoms with Gasteiger partial charge < -0.3 is 22.5 Å². The van der Waals surface area contributed by atoms with Gasteiger partial charge in [0.05, 0.1) is 17.8 Å². The van der Waals surface area contributed by atoms with Crippen LogP contribution in [0, 0.1) is 0 Å². The van der Waals surface area contributed by atoms with Crippen molar-refractivity contribution in [1.82, 2.24) is 15.3 Å². The van der Waals surface area contributed by atoms with E-state index < -0.39 is 0 Å². The smallest absolute Gasteiger partial charge is 0.222 e. The second kappa shape index (κ2) is 4.69. The van der Waals surface area contributed by atoms with Gasteiger partial charge >= 0.3 is 0 Å². The fraction of sp³-hybridized carbons (Fsp3) is 0.154. The summed E-state index contributed by atoms with van der Waals surface area (Å²) >= 11 is 0. The van der Waals surface area contributed by atoms with Crippen LogP contribution < -0.4 is 22.5 Å². The van der Waals surface area contributed by atoms with Crippen molar-refractivity contribution in [3.05, 3.63) is 29.8 Å². The van der Waals surface area contributed by atoms with E-state index >= 15 is 0 Å². The van der Waals surface area contributed by atoms with Crippen molar-refractivity contribution in [2.45, 2.75) is 0 Å². The van der Waals surface area contributed by atoms with Gasteiger partial charge in [-0.15, -0.1) is 0 Å². The lowest BCUT2D eigenvalue weighted by molar-refractivity contribution is 0.959. The first-order valence-corrected chi connectivity index (χ1v) is 6.23. The lowest BCUT2D eigenvalue weighted by Crippen LogP contribution is -2.23. The van der Waals surface area contributed by atoms with Crippen LogP contribution >= 0.6 is 0 Å². The summed E-state index contributed by atoms with van der Waals surface area (Å²) in [7, 11) is 0. The van der Waals surface area contributed by atoms with Crippen molar-refractivity contribution in [2.75, 3.05) is 30.3 Å². The Balaban J connectivity index is 2.26. The molecule has 0 bridgehead atoms. The first-order chi connectivity index (χ1) is 9.66. The number of benzene rings is 1. The van der Waals surface area contributed by atoms with Crippen molar-refractivity contribution in [3.63, 3.8) is 0 Å². The molecule has 0 fully saturated rings. The summed E-state index contributed by atoms with van der Waals surface area (Å²) in [4.78, 5) is 12.7. The molecule has 0 amide bonds. The van der Waals surface area contributed by atoms with E-state index in [1.807, 2.05) is 18.2 Å². The first-order valence-electron chi connectivity index (χ1n) is 6.23. The Hall–Kier alpha value is -2.83. The van der Waals surface area contributed by atoms with Crippen molar-refractivity contribution in [1.29, 1.82) is 0 Å². The van der Waals surface area contributed by atoms with Gasteiger partial charge in [0.1, 0.15) is 11.7 Å². The Morgan fingerprint density at radius 2 is 1.85 bits per heavy atom. The van der Waals surface area contributed by atoms with Crippen molar-refractivity contribution >= 4 is 23.3 Å². The Morgan fingerprint density at radius 1 is 1.05 bits per heavy atom. The molecule has 20 heavy (non-hydrogen) atoms. The molecule has 1 aliphatic heterocycles. The predicted octanol–water partition coefficient (Wildman–Crippen LogP) is 0.240. The van der Waals surface area contributed by atoms with Crippen LogP contribution in [0.2, 0.25) is 0 Å². The maximum Gasteiger partial charge on any atom is 0.222 e. The Kier molecular flexibility index (Phi) is 2.86. The molecule has 1 aromatic carbocycles. The topological polar surface area (TPSA) is 128 Å². The van der Waals surface area contributed by atoms with Gasteiger partial charge in [0.15, 0.2) is 0 Å². The molecule has 2 heterocycles. The summed E-state index contributed by atoms with van der Waals surface area (Å²) in [6.07, 6.45) is 0. The number of anilines is 3. The second-order valence-corrected chi connectivity index (χ2v) is 4.44. The summed E-state index contributed by atoms with van der Waals surface area (Å²) in [5.41, 5.74) is 20.3. The molecule has 1 aromatic heterocycles. The van der Waals surface area contributed by atoms with Gasteiger partial charge in [0, 0.05) is 17.8 Å². The zero-order valence-electron chi connectivity index (χ0n) is 10.8. The number of nitrogens with zero attached hydrogens (tertiary/aromatic N) is 3. The summed E-state index contributed by atoms with van der Waals surface area (Å²) < 4.78 is 0. The standard InChI is InChI=1S/C13H15N7/c14-8-4-2-1-3-7(8)10-9(12-17-5-6-18-12)11(15)20-13(16)19-10/h1-4H,5-6,14H2,(H,17,18)(H4,15,16,19,20). The maximum absolute atomic E-state index is 6.02. The van der Waals surface area contributed by atoms with Crippen molar-refractivity contribution in [2.24, 2.45) is 4.99 Å². The van der Waals surface area contributed by atoms with E-state index in [0.717, 1.165) is 12.1 Å². The Labute approximate surface area is 115 Å². The summed E-state index contributed by atoms with van der Waals surface area (Å²) in [6.45, 7) is 1.46. The largest absolute Gasteiger partial charge is 0.398 e. The van der Waals surface area contributed by atoms with Gasteiger partial charge in [-0.2, -0.15) is 4.98 Å². The first kappa shape index (κ1) is 12.2. The van der Waals surface area contributed by atoms with Crippen molar-refractivity contribution < 1.29 is 0 Å². The lowest BCUT2D eigenvalue weighted by Gasteiger charge is -2.13. The van der Waals surface area contributed by atoms with Crippen molar-refractivity contribution in [3.8, 4) is 11.3 Å². The highest BCUT2D eigenvalue weighted by Gasteiger charge is 2.21. The molecule has 0 spiro atoms. The number of hydrogen-bond donors (Lipinski definition) is 4. The maximum atomic E-state index is 6.02. The monoisotopic (exact) mass is 269 g/mol. The molecule has 3 rings (SSSR count). The number of nitrogens with one attached hydrogen (secondary N) is 1. The van der Waals surface area contributed by atoms with E-state index in [1.54, 1.807) is 6.07 Å². The minimum Gasteiger partial charge on any atom is -0.398 e. The van der Waals surface area contributed by atoms with Crippen LogP contribution in [0.3, 0.4) is 0 Å². The predicted molar refractivity (Wildman–Crippen MR) is 80.1 cm³/mol. The molecule has 0 atom stereocenters. The molecular formula is C13H15N7. The van der Waals surface area contributed by atoms with E-state index in [9.17, 15) is 0 Å². The summed E-state index contributed by atoms with van der Waals surface area (Å²) in [5.74, 6) is 1.09. The van der Waals surface area contributed by atoms with E-state index in [4.69, 9.17) is 17.2 Å². The molecule has 2 aromatic rings. The quantitative estimate of drug-likeness (QED) is 0.578. The van der Waals surface area contributed by atoms with Gasteiger partial charge in [-0.25, -0.2) is 4.98 Å². The Bertz CT molecular complexity index is 693. The number of nitrogens with two attached hydrogens (primary N) is 3. The number of aromatic nitrogens is 2. The fourth-order valence-corrected chi connectivity index (χ4v) is 2.20. The number of rotatable bonds is 2. The number of aliphatic imine (C=N–C) groups is 1. The molecular weight excluding hydrogens is 254 g/mol. The SMILES string of the molecule is Nc1nc(N)c(C2=NCCN2)c(-c2ccccc2N)n1. The zero-order chi connectivity index (χ0) is 14.1. The second-order valence-electron chi connectivity index (χ2n) is 4.44. The molecule has 1 aliphatic rings. The van der Waals surface area contributed by atoms with Crippen LogP contribution in [0.1, 0.15) is 5.56 Å². The molecule has 0 saturated carbocycles. The highest BCUT2D eigenvalue weighted by Crippen LogP contribution is 2.30. The third kappa shape index (κ3) is 1.99. The third-order valence-corrected chi connectivity index (χ3v) is 3.08. The van der Waals surface area contributed by atoms with Gasteiger partial charge in [-0.05, 0) is 6.07 Å². The number of amidine groups is 1. The van der Waals surface area contributed by atoms with Gasteiger partial charge in [-0.3, -0.25) is 4.99 Å². The molecule has 7 N–H and O–H groups in total. The summed E-state index contributed by atoms with van der Waals surface area (Å²) in [5, 5.41) is 3.17. The molecule has 0 radical (unpaired) electrons. The molecule has 0 saturated heterocycles. The molecule has 0 unspecified atom stereocenters. The average Bonchev–Trinajstić information content (AvgIpc) is 2.92. The minimum atomic E-state index is 0.114. The van der Waals surface area contributed by atoms with Crippen LogP contribution in [0.15, 0.2) is 29.3 Å². The fourth-order valence-electron chi connectivity index (χ4n) is 2.20. The van der Waals surface area contributed by atoms with Crippen LogP contribution in [0.4, 0.5) is 17.5 Å². The van der Waals surface area contributed by atoms with Gasteiger partial charge in [-0.1, -0.05) is 18.2 Å². The van der Waals surface area contributed by atoms with Crippen LogP contribution in [-0.4, -0.2) is 28.9 Å². The Morgan fingerprint density at radius 3 is 2.55 bits per heavy atom. The number of para-hydroxylation sites is 1. The molecule has 7 heteroatoms. The van der Waals surface area contributed by atoms with Gasteiger partial charge in [0.2, 0.25) is 5.95 Å². The number of hydrogen-bond acceptors (Lipinski definition) is 7. The van der Waals surface area contributed by atoms with E-state index in [-0.39, 0.29) is 5.95 Å². The molecule has 102 valence electrons.